The Balaban J connectivity index is 1.23. The maximum atomic E-state index is 14.5. The van der Waals surface area contributed by atoms with Gasteiger partial charge in [0, 0.05) is 24.1 Å². The Bertz CT molecular complexity index is 1550. The van der Waals surface area contributed by atoms with E-state index >= 15 is 0 Å². The molecule has 4 aliphatic rings. The highest BCUT2D eigenvalue weighted by Gasteiger charge is 2.60. The van der Waals surface area contributed by atoms with Crippen LogP contribution < -0.4 is 0 Å². The van der Waals surface area contributed by atoms with Crippen LogP contribution in [0.5, 0.6) is 0 Å². The highest BCUT2D eigenvalue weighted by atomic mass is 16.1. The molecule has 1 aromatic heterocycles. The van der Waals surface area contributed by atoms with Gasteiger partial charge in [0.25, 0.3) is 0 Å². The van der Waals surface area contributed by atoms with Gasteiger partial charge in [-0.3, -0.25) is 14.4 Å². The molecule has 0 amide bonds. The molecular weight excluding hydrogens is 508 g/mol. The van der Waals surface area contributed by atoms with Crippen molar-refractivity contribution in [1.29, 1.82) is 0 Å². The molecule has 0 N–H and O–H groups in total. The first-order valence-corrected chi connectivity index (χ1v) is 15.3. The van der Waals surface area contributed by atoms with E-state index in [4.69, 9.17) is 5.10 Å². The van der Waals surface area contributed by atoms with E-state index < -0.39 is 0 Å². The SMILES string of the molecule is CC12CCC(=O)C=C1CCC1C2CCC2(C)C(C(=O)c3cn(-c4ccccc4)nc3C(=O)c3ccccc3)CCC12. The van der Waals surface area contributed by atoms with Gasteiger partial charge in [0.2, 0.25) is 5.78 Å². The Hall–Kier alpha value is -3.60. The summed E-state index contributed by atoms with van der Waals surface area (Å²) in [5, 5.41) is 4.71. The lowest BCUT2D eigenvalue weighted by molar-refractivity contribution is -0.117. The molecule has 0 aliphatic heterocycles. The molecular formula is C36H38N2O3. The minimum absolute atomic E-state index is 0.0702. The summed E-state index contributed by atoms with van der Waals surface area (Å²) >= 11 is 0. The van der Waals surface area contributed by atoms with Crippen LogP contribution in [-0.4, -0.2) is 27.1 Å². The van der Waals surface area contributed by atoms with Crippen LogP contribution in [0.1, 0.15) is 91.6 Å². The average Bonchev–Trinajstić information content (AvgIpc) is 3.60. The molecule has 5 heteroatoms. The maximum Gasteiger partial charge on any atom is 0.213 e. The van der Waals surface area contributed by atoms with Crippen molar-refractivity contribution in [2.45, 2.75) is 65.2 Å². The second-order valence-electron chi connectivity index (χ2n) is 13.4. The summed E-state index contributed by atoms with van der Waals surface area (Å²) in [5.41, 5.74) is 3.47. The predicted molar refractivity (Wildman–Crippen MR) is 158 cm³/mol. The van der Waals surface area contributed by atoms with Gasteiger partial charge in [-0.25, -0.2) is 4.68 Å². The molecule has 0 bridgehead atoms. The molecule has 6 atom stereocenters. The van der Waals surface area contributed by atoms with E-state index in [1.807, 2.05) is 54.6 Å². The lowest BCUT2D eigenvalue weighted by Gasteiger charge is -2.58. The van der Waals surface area contributed by atoms with Crippen LogP contribution in [0.2, 0.25) is 0 Å². The number of rotatable bonds is 5. The van der Waals surface area contributed by atoms with E-state index in [1.165, 1.54) is 5.57 Å². The van der Waals surface area contributed by atoms with Crippen LogP contribution in [0.25, 0.3) is 5.69 Å². The predicted octanol–water partition coefficient (Wildman–Crippen LogP) is 7.43. The van der Waals surface area contributed by atoms with Crippen LogP contribution in [-0.2, 0) is 4.79 Å². The Labute approximate surface area is 242 Å². The molecule has 4 aliphatic carbocycles. The zero-order valence-electron chi connectivity index (χ0n) is 24.0. The van der Waals surface area contributed by atoms with E-state index in [2.05, 4.69) is 13.8 Å². The van der Waals surface area contributed by atoms with Gasteiger partial charge in [-0.1, -0.05) is 68.0 Å². The molecule has 0 spiro atoms. The molecule has 7 rings (SSSR count). The molecule has 210 valence electrons. The summed E-state index contributed by atoms with van der Waals surface area (Å²) in [6.45, 7) is 4.75. The first-order valence-electron chi connectivity index (χ1n) is 15.3. The summed E-state index contributed by atoms with van der Waals surface area (Å²) in [4.78, 5) is 40.5. The number of hydrogen-bond donors (Lipinski definition) is 0. The van der Waals surface area contributed by atoms with Crippen molar-refractivity contribution in [2.75, 3.05) is 0 Å². The third-order valence-electron chi connectivity index (χ3n) is 11.5. The Morgan fingerprint density at radius 3 is 2.34 bits per heavy atom. The van der Waals surface area contributed by atoms with Crippen molar-refractivity contribution in [3.63, 3.8) is 0 Å². The van der Waals surface area contributed by atoms with Crippen molar-refractivity contribution in [3.05, 3.63) is 95.3 Å². The van der Waals surface area contributed by atoms with Crippen LogP contribution in [0.15, 0.2) is 78.5 Å². The summed E-state index contributed by atoms with van der Waals surface area (Å²) in [5.74, 6) is 1.68. The fourth-order valence-corrected chi connectivity index (χ4v) is 9.34. The van der Waals surface area contributed by atoms with Crippen molar-refractivity contribution in [2.24, 2.45) is 34.5 Å². The lowest BCUT2D eigenvalue weighted by atomic mass is 9.46. The number of nitrogens with zero attached hydrogens (tertiary/aromatic N) is 2. The van der Waals surface area contributed by atoms with Gasteiger partial charge in [0.05, 0.1) is 11.3 Å². The fourth-order valence-electron chi connectivity index (χ4n) is 9.34. The van der Waals surface area contributed by atoms with Gasteiger partial charge in [-0.15, -0.1) is 0 Å². The van der Waals surface area contributed by atoms with Gasteiger partial charge in [-0.05, 0) is 91.7 Å². The van der Waals surface area contributed by atoms with Crippen molar-refractivity contribution < 1.29 is 14.4 Å². The van der Waals surface area contributed by atoms with Crippen LogP contribution in [0.3, 0.4) is 0 Å². The zero-order valence-corrected chi connectivity index (χ0v) is 24.0. The number of para-hydroxylation sites is 1. The third-order valence-corrected chi connectivity index (χ3v) is 11.5. The number of carbonyl (C=O) groups is 3. The van der Waals surface area contributed by atoms with Gasteiger partial charge in [0.15, 0.2) is 11.6 Å². The van der Waals surface area contributed by atoms with Gasteiger partial charge < -0.3 is 0 Å². The Morgan fingerprint density at radius 1 is 0.854 bits per heavy atom. The summed E-state index contributed by atoms with van der Waals surface area (Å²) in [7, 11) is 0. The second-order valence-corrected chi connectivity index (χ2v) is 13.4. The van der Waals surface area contributed by atoms with Gasteiger partial charge in [-0.2, -0.15) is 5.10 Å². The standard InChI is InChI=1S/C36H38N2O3/c1-35-19-17-26(39)21-24(35)13-14-27-29-15-16-31(36(29,2)20-18-30(27)35)34(41)28-22-38(25-11-7-4-8-12-25)37-32(28)33(40)23-9-5-3-6-10-23/h3-12,21-22,27,29-31H,13-20H2,1-2H3. The number of aromatic nitrogens is 2. The highest BCUT2D eigenvalue weighted by molar-refractivity contribution is 6.15. The topological polar surface area (TPSA) is 69.0 Å². The smallest absolute Gasteiger partial charge is 0.213 e. The van der Waals surface area contributed by atoms with Crippen LogP contribution >= 0.6 is 0 Å². The highest BCUT2D eigenvalue weighted by Crippen LogP contribution is 2.67. The number of carbonyl (C=O) groups excluding carboxylic acids is 3. The minimum Gasteiger partial charge on any atom is -0.295 e. The Kier molecular flexibility index (Phi) is 6.26. The lowest BCUT2D eigenvalue weighted by Crippen LogP contribution is -2.51. The molecule has 2 aromatic carbocycles. The average molecular weight is 547 g/mol. The quantitative estimate of drug-likeness (QED) is 0.312. The van der Waals surface area contributed by atoms with E-state index in [0.29, 0.717) is 41.1 Å². The normalized spacial score (nSPS) is 32.4. The molecule has 3 saturated carbocycles. The molecule has 3 fully saturated rings. The molecule has 0 saturated heterocycles. The number of benzene rings is 2. The van der Waals surface area contributed by atoms with E-state index in [9.17, 15) is 14.4 Å². The zero-order chi connectivity index (χ0) is 28.4. The maximum absolute atomic E-state index is 14.5. The van der Waals surface area contributed by atoms with Crippen molar-refractivity contribution in [1.82, 2.24) is 9.78 Å². The summed E-state index contributed by atoms with van der Waals surface area (Å²) in [6.07, 6.45) is 11.5. The monoisotopic (exact) mass is 546 g/mol. The van der Waals surface area contributed by atoms with Gasteiger partial charge in [0.1, 0.15) is 5.69 Å². The van der Waals surface area contributed by atoms with E-state index in [1.54, 1.807) is 23.0 Å². The number of fused-ring (bicyclic) bond motifs is 5. The van der Waals surface area contributed by atoms with Crippen molar-refractivity contribution in [3.8, 4) is 5.69 Å². The summed E-state index contributed by atoms with van der Waals surface area (Å²) < 4.78 is 1.69. The number of allylic oxidation sites excluding steroid dienone is 1. The fraction of sp³-hybridized carbons (Fsp3) is 0.444. The van der Waals surface area contributed by atoms with Gasteiger partial charge >= 0.3 is 0 Å². The molecule has 41 heavy (non-hydrogen) atoms. The van der Waals surface area contributed by atoms with Crippen molar-refractivity contribution >= 4 is 17.3 Å². The second kappa shape index (κ2) is 9.75. The number of ketones is 3. The molecule has 1 heterocycles. The van der Waals surface area contributed by atoms with Crippen LogP contribution in [0.4, 0.5) is 0 Å². The molecule has 0 radical (unpaired) electrons. The Morgan fingerprint density at radius 2 is 1.59 bits per heavy atom. The molecule has 6 unspecified atom stereocenters. The summed E-state index contributed by atoms with van der Waals surface area (Å²) in [6, 6.07) is 18.9. The molecule has 5 nitrogen and oxygen atoms in total. The third kappa shape index (κ3) is 4.11. The number of Topliss-reactive ketones (excluding diaryl/α,β-unsaturated/α-hetero) is 1. The number of hydrogen-bond acceptors (Lipinski definition) is 4. The van der Waals surface area contributed by atoms with E-state index in [0.717, 1.165) is 50.6 Å². The first kappa shape index (κ1) is 26.3. The molecule has 3 aromatic rings. The largest absolute Gasteiger partial charge is 0.295 e. The first-order chi connectivity index (χ1) is 19.8. The minimum atomic E-state index is -0.210. The van der Waals surface area contributed by atoms with E-state index in [-0.39, 0.29) is 34.0 Å². The van der Waals surface area contributed by atoms with Crippen LogP contribution in [0, 0.1) is 34.5 Å².